The van der Waals surface area contributed by atoms with Crippen LogP contribution in [0.3, 0.4) is 0 Å². The van der Waals surface area contributed by atoms with Crippen LogP contribution in [0.15, 0.2) is 30.8 Å². The van der Waals surface area contributed by atoms with E-state index in [0.29, 0.717) is 5.69 Å². The Kier molecular flexibility index (Phi) is 5.09. The highest BCUT2D eigenvalue weighted by Crippen LogP contribution is 2.11. The number of nitriles is 1. The van der Waals surface area contributed by atoms with Crippen molar-refractivity contribution in [1.29, 1.82) is 5.26 Å². The minimum Gasteiger partial charge on any atom is -0.271 e. The summed E-state index contributed by atoms with van der Waals surface area (Å²) in [6, 6.07) is 6.76. The number of nitrogens with zero attached hydrogens (tertiary/aromatic N) is 1. The largest absolute Gasteiger partial charge is 0.296 e. The lowest BCUT2D eigenvalue weighted by molar-refractivity contribution is 0.603. The number of hydrogen-bond donors (Lipinski definition) is 2. The van der Waals surface area contributed by atoms with Crippen LogP contribution in [0.4, 0.5) is 5.69 Å². The molecule has 0 amide bonds. The molecule has 0 unspecified atom stereocenters. The Hall–Kier alpha value is -1.84. The van der Waals surface area contributed by atoms with E-state index in [-0.39, 0.29) is 0 Å². The molecule has 1 aromatic rings. The molecule has 5 nitrogen and oxygen atoms in total. The maximum atomic E-state index is 10.6. The monoisotopic (exact) mass is 225 g/mol. The van der Waals surface area contributed by atoms with Gasteiger partial charge in [-0.15, -0.1) is 0 Å². The Bertz CT molecular complexity index is 451. The molecule has 0 aromatic heterocycles. The van der Waals surface area contributed by atoms with Gasteiger partial charge < -0.3 is 0 Å². The summed E-state index contributed by atoms with van der Waals surface area (Å²) in [5.74, 6) is 0. The summed E-state index contributed by atoms with van der Waals surface area (Å²) in [5, 5.41) is 11.3. The van der Waals surface area contributed by atoms with Crippen molar-refractivity contribution in [2.75, 3.05) is 4.72 Å². The van der Waals surface area contributed by atoms with Crippen molar-refractivity contribution < 1.29 is 8.42 Å². The SMILES string of the molecule is C#N.C=Cc1cccc(NS(N)(=O)=O)c1. The van der Waals surface area contributed by atoms with E-state index >= 15 is 0 Å². The number of rotatable bonds is 3. The number of hydrogen-bond acceptors (Lipinski definition) is 3. The Morgan fingerprint density at radius 3 is 2.53 bits per heavy atom. The van der Waals surface area contributed by atoms with Gasteiger partial charge in [0.1, 0.15) is 0 Å². The van der Waals surface area contributed by atoms with Gasteiger partial charge in [-0.25, -0.2) is 10.4 Å². The predicted octanol–water partition coefficient (Wildman–Crippen LogP) is 1.08. The van der Waals surface area contributed by atoms with Crippen LogP contribution in [0, 0.1) is 11.8 Å². The van der Waals surface area contributed by atoms with Gasteiger partial charge in [0.25, 0.3) is 10.2 Å². The summed E-state index contributed by atoms with van der Waals surface area (Å²) in [4.78, 5) is 0. The van der Waals surface area contributed by atoms with Crippen molar-refractivity contribution in [2.45, 2.75) is 0 Å². The fourth-order valence-electron chi connectivity index (χ4n) is 0.893. The van der Waals surface area contributed by atoms with Crippen molar-refractivity contribution in [1.82, 2.24) is 0 Å². The molecule has 0 bridgehead atoms. The molecule has 0 aliphatic heterocycles. The number of nitrogens with one attached hydrogen (secondary N) is 1. The van der Waals surface area contributed by atoms with Crippen molar-refractivity contribution in [3.8, 4) is 6.57 Å². The van der Waals surface area contributed by atoms with Crippen molar-refractivity contribution in [3.05, 3.63) is 36.4 Å². The maximum Gasteiger partial charge on any atom is 0.296 e. The molecule has 80 valence electrons. The van der Waals surface area contributed by atoms with Gasteiger partial charge in [0.15, 0.2) is 0 Å². The fourth-order valence-corrected chi connectivity index (χ4v) is 1.35. The molecule has 15 heavy (non-hydrogen) atoms. The van der Waals surface area contributed by atoms with Gasteiger partial charge in [0, 0.05) is 6.57 Å². The third-order valence-electron chi connectivity index (χ3n) is 1.38. The van der Waals surface area contributed by atoms with Crippen LogP contribution in [0.25, 0.3) is 6.08 Å². The van der Waals surface area contributed by atoms with E-state index in [2.05, 4.69) is 17.9 Å². The van der Waals surface area contributed by atoms with Gasteiger partial charge in [-0.2, -0.15) is 8.42 Å². The van der Waals surface area contributed by atoms with E-state index in [1.165, 1.54) is 0 Å². The zero-order valence-corrected chi connectivity index (χ0v) is 8.74. The molecule has 1 aromatic carbocycles. The smallest absolute Gasteiger partial charge is 0.271 e. The fraction of sp³-hybridized carbons (Fsp3) is 0. The highest BCUT2D eigenvalue weighted by Gasteiger charge is 2.00. The summed E-state index contributed by atoms with van der Waals surface area (Å²) in [7, 11) is -3.69. The van der Waals surface area contributed by atoms with Crippen LogP contribution < -0.4 is 9.86 Å². The number of nitrogens with two attached hydrogens (primary N) is 1. The van der Waals surface area contributed by atoms with E-state index in [4.69, 9.17) is 10.4 Å². The minimum absolute atomic E-state index is 0.430. The normalized spacial score (nSPS) is 9.53. The van der Waals surface area contributed by atoms with Gasteiger partial charge in [0.05, 0.1) is 5.69 Å². The van der Waals surface area contributed by atoms with Crippen molar-refractivity contribution >= 4 is 22.0 Å². The minimum atomic E-state index is -3.69. The maximum absolute atomic E-state index is 10.6. The zero-order valence-electron chi connectivity index (χ0n) is 7.92. The quantitative estimate of drug-likeness (QED) is 0.805. The zero-order chi connectivity index (χ0) is 11.9. The third-order valence-corrected chi connectivity index (χ3v) is 1.90. The van der Waals surface area contributed by atoms with E-state index in [0.717, 1.165) is 5.56 Å². The van der Waals surface area contributed by atoms with Crippen LogP contribution in [0.2, 0.25) is 0 Å². The lowest BCUT2D eigenvalue weighted by atomic mass is 10.2. The van der Waals surface area contributed by atoms with E-state index in [9.17, 15) is 8.42 Å². The average molecular weight is 225 g/mol. The van der Waals surface area contributed by atoms with Crippen LogP contribution in [0.5, 0.6) is 0 Å². The Labute approximate surface area is 89.0 Å². The molecular weight excluding hydrogens is 214 g/mol. The Balaban J connectivity index is 0.000000921. The molecule has 0 heterocycles. The van der Waals surface area contributed by atoms with Gasteiger partial charge in [-0.3, -0.25) is 4.72 Å². The Morgan fingerprint density at radius 1 is 1.47 bits per heavy atom. The van der Waals surface area contributed by atoms with Gasteiger partial charge >= 0.3 is 0 Å². The summed E-state index contributed by atoms with van der Waals surface area (Å²) in [6.07, 6.45) is 1.62. The molecule has 0 saturated carbocycles. The number of benzene rings is 1. The lowest BCUT2D eigenvalue weighted by Crippen LogP contribution is -2.21. The first-order valence-corrected chi connectivity index (χ1v) is 5.35. The first-order chi connectivity index (χ1) is 7.01. The molecule has 0 fully saturated rings. The molecular formula is C9H11N3O2S. The molecule has 0 spiro atoms. The summed E-state index contributed by atoms with van der Waals surface area (Å²) in [5.41, 5.74) is 1.26. The van der Waals surface area contributed by atoms with Gasteiger partial charge in [0.2, 0.25) is 0 Å². The van der Waals surface area contributed by atoms with Crippen molar-refractivity contribution in [3.63, 3.8) is 0 Å². The third kappa shape index (κ3) is 5.46. The van der Waals surface area contributed by atoms with Crippen LogP contribution in [-0.2, 0) is 10.2 Å². The van der Waals surface area contributed by atoms with Crippen molar-refractivity contribution in [2.24, 2.45) is 5.14 Å². The summed E-state index contributed by atoms with van der Waals surface area (Å²) >= 11 is 0. The number of anilines is 1. The van der Waals surface area contributed by atoms with Gasteiger partial charge in [-0.1, -0.05) is 24.8 Å². The molecule has 6 heteroatoms. The first-order valence-electron chi connectivity index (χ1n) is 3.80. The van der Waals surface area contributed by atoms with E-state index in [1.807, 2.05) is 0 Å². The predicted molar refractivity (Wildman–Crippen MR) is 59.9 cm³/mol. The molecule has 0 aliphatic carbocycles. The molecule has 0 aliphatic rings. The first kappa shape index (κ1) is 13.2. The second-order valence-corrected chi connectivity index (χ2v) is 3.77. The highest BCUT2D eigenvalue weighted by atomic mass is 32.2. The Morgan fingerprint density at radius 2 is 2.07 bits per heavy atom. The molecule has 0 atom stereocenters. The molecule has 0 saturated heterocycles. The van der Waals surface area contributed by atoms with E-state index < -0.39 is 10.2 Å². The van der Waals surface area contributed by atoms with Crippen LogP contribution in [-0.4, -0.2) is 8.42 Å². The van der Waals surface area contributed by atoms with Gasteiger partial charge in [-0.05, 0) is 17.7 Å². The topological polar surface area (TPSA) is 96.0 Å². The summed E-state index contributed by atoms with van der Waals surface area (Å²) in [6.45, 7) is 7.06. The van der Waals surface area contributed by atoms with Crippen LogP contribution >= 0.6 is 0 Å². The standard InChI is InChI=1S/C8H10N2O2S.CHN/c1-2-7-4-3-5-8(6-7)10-13(9,11)12;1-2/h2-6,10H,1H2,(H2,9,11,12);1H. The highest BCUT2D eigenvalue weighted by molar-refractivity contribution is 7.90. The second kappa shape index (κ2) is 5.80. The molecule has 1 rings (SSSR count). The van der Waals surface area contributed by atoms with Crippen LogP contribution in [0.1, 0.15) is 5.56 Å². The average Bonchev–Trinajstić information content (AvgIpc) is 2.19. The lowest BCUT2D eigenvalue weighted by Gasteiger charge is -2.03. The molecule has 0 radical (unpaired) electrons. The molecule has 3 N–H and O–H groups in total. The second-order valence-electron chi connectivity index (χ2n) is 2.48. The summed E-state index contributed by atoms with van der Waals surface area (Å²) < 4.78 is 23.4. The van der Waals surface area contributed by atoms with E-state index in [1.54, 1.807) is 30.3 Å².